The van der Waals surface area contributed by atoms with Gasteiger partial charge in [0.25, 0.3) is 0 Å². The number of rotatable bonds is 2. The fourth-order valence-electron chi connectivity index (χ4n) is 2.13. The first-order valence-corrected chi connectivity index (χ1v) is 6.61. The fraction of sp³-hybridized carbons (Fsp3) is 0.615. The molecule has 2 heterocycles. The average molecular weight is 297 g/mol. The molecule has 0 aliphatic carbocycles. The number of aliphatic hydroxyl groups excluding tert-OH is 1. The monoisotopic (exact) mass is 297 g/mol. The predicted octanol–water partition coefficient (Wildman–Crippen LogP) is 0.734. The largest absolute Gasteiger partial charge is 0.478 e. The van der Waals surface area contributed by atoms with E-state index in [1.807, 2.05) is 0 Å². The van der Waals surface area contributed by atoms with E-state index in [9.17, 15) is 14.7 Å². The second-order valence-electron chi connectivity index (χ2n) is 6.03. The Kier molecular flexibility index (Phi) is 3.91. The van der Waals surface area contributed by atoms with Crippen molar-refractivity contribution in [2.45, 2.75) is 38.5 Å². The number of hydrogen-bond donors (Lipinski definition) is 2. The Morgan fingerprint density at radius 1 is 1.38 bits per heavy atom. The highest BCUT2D eigenvalue weighted by atomic mass is 16.6. The van der Waals surface area contributed by atoms with E-state index in [1.165, 1.54) is 22.0 Å². The van der Waals surface area contributed by atoms with Crippen LogP contribution >= 0.6 is 0 Å². The number of aromatic nitrogens is 2. The number of β-amino-alcohol motifs (C(OH)–C–C–N with tert-alkyl or cyclic N) is 1. The van der Waals surface area contributed by atoms with Crippen LogP contribution in [0.15, 0.2) is 12.4 Å². The van der Waals surface area contributed by atoms with E-state index in [0.717, 1.165) is 0 Å². The zero-order valence-corrected chi connectivity index (χ0v) is 12.2. The molecular weight excluding hydrogens is 278 g/mol. The zero-order chi connectivity index (χ0) is 15.8. The molecule has 116 valence electrons. The van der Waals surface area contributed by atoms with Gasteiger partial charge >= 0.3 is 12.1 Å². The van der Waals surface area contributed by atoms with Crippen LogP contribution in [0, 0.1) is 0 Å². The lowest BCUT2D eigenvalue weighted by Gasteiger charge is -2.24. The predicted molar refractivity (Wildman–Crippen MR) is 72.0 cm³/mol. The molecule has 2 N–H and O–H groups in total. The Hall–Kier alpha value is -2.09. The highest BCUT2D eigenvalue weighted by molar-refractivity contribution is 5.86. The molecule has 1 saturated heterocycles. The van der Waals surface area contributed by atoms with Gasteiger partial charge in [0, 0.05) is 12.7 Å². The molecule has 0 bridgehead atoms. The Balaban J connectivity index is 2.07. The molecule has 21 heavy (non-hydrogen) atoms. The first-order chi connectivity index (χ1) is 9.67. The molecule has 0 aromatic carbocycles. The van der Waals surface area contributed by atoms with Crippen molar-refractivity contribution in [1.29, 1.82) is 0 Å². The number of carbonyl (C=O) groups is 2. The first kappa shape index (κ1) is 15.3. The smallest absolute Gasteiger partial charge is 0.410 e. The molecule has 0 unspecified atom stereocenters. The van der Waals surface area contributed by atoms with Crippen LogP contribution in [0.5, 0.6) is 0 Å². The molecule has 0 spiro atoms. The lowest BCUT2D eigenvalue weighted by molar-refractivity contribution is 0.0269. The fourth-order valence-corrected chi connectivity index (χ4v) is 2.13. The van der Waals surface area contributed by atoms with E-state index in [4.69, 9.17) is 9.84 Å². The Morgan fingerprint density at radius 3 is 2.57 bits per heavy atom. The molecule has 1 aliphatic rings. The minimum atomic E-state index is -1.09. The van der Waals surface area contributed by atoms with Gasteiger partial charge in [-0.25, -0.2) is 9.59 Å². The van der Waals surface area contributed by atoms with Gasteiger partial charge in [-0.3, -0.25) is 4.68 Å². The average Bonchev–Trinajstić information content (AvgIpc) is 2.92. The van der Waals surface area contributed by atoms with Crippen LogP contribution in [-0.4, -0.2) is 61.8 Å². The van der Waals surface area contributed by atoms with Gasteiger partial charge in [0.1, 0.15) is 5.60 Å². The number of hydrogen-bond acceptors (Lipinski definition) is 5. The number of carboxylic acid groups (broad SMARTS) is 1. The van der Waals surface area contributed by atoms with Crippen LogP contribution in [0.25, 0.3) is 0 Å². The summed E-state index contributed by atoms with van der Waals surface area (Å²) in [7, 11) is 0. The van der Waals surface area contributed by atoms with E-state index in [1.54, 1.807) is 20.8 Å². The van der Waals surface area contributed by atoms with E-state index < -0.39 is 29.8 Å². The van der Waals surface area contributed by atoms with Gasteiger partial charge < -0.3 is 19.8 Å². The van der Waals surface area contributed by atoms with Gasteiger partial charge in [-0.2, -0.15) is 5.10 Å². The quantitative estimate of drug-likeness (QED) is 0.834. The SMILES string of the molecule is CC(C)(C)OC(=O)N1C[C@H](O)[C@@H](n2cc(C(=O)O)cn2)C1. The third kappa shape index (κ3) is 3.52. The molecule has 8 heteroatoms. The maximum absolute atomic E-state index is 12.0. The van der Waals surface area contributed by atoms with Gasteiger partial charge in [-0.15, -0.1) is 0 Å². The normalized spacial score (nSPS) is 22.4. The summed E-state index contributed by atoms with van der Waals surface area (Å²) >= 11 is 0. The van der Waals surface area contributed by atoms with Crippen LogP contribution in [0.2, 0.25) is 0 Å². The van der Waals surface area contributed by atoms with Gasteiger partial charge in [-0.1, -0.05) is 0 Å². The Morgan fingerprint density at radius 2 is 2.05 bits per heavy atom. The summed E-state index contributed by atoms with van der Waals surface area (Å²) < 4.78 is 6.62. The highest BCUT2D eigenvalue weighted by Crippen LogP contribution is 2.24. The summed E-state index contributed by atoms with van der Waals surface area (Å²) in [5, 5.41) is 22.9. The minimum Gasteiger partial charge on any atom is -0.478 e. The zero-order valence-electron chi connectivity index (χ0n) is 12.2. The number of ether oxygens (including phenoxy) is 1. The van der Waals surface area contributed by atoms with Crippen molar-refractivity contribution < 1.29 is 24.5 Å². The molecule has 1 aromatic heterocycles. The summed E-state index contributed by atoms with van der Waals surface area (Å²) in [6, 6.07) is -0.481. The summed E-state index contributed by atoms with van der Waals surface area (Å²) in [6.45, 7) is 5.64. The lowest BCUT2D eigenvalue weighted by atomic mass is 10.2. The summed E-state index contributed by atoms with van der Waals surface area (Å²) in [5.74, 6) is -1.09. The number of amides is 1. The van der Waals surface area contributed by atoms with Crippen molar-refractivity contribution in [3.05, 3.63) is 18.0 Å². The number of carbonyl (C=O) groups excluding carboxylic acids is 1. The minimum absolute atomic E-state index is 0.0397. The number of aromatic carboxylic acids is 1. The van der Waals surface area contributed by atoms with Gasteiger partial charge in [0.15, 0.2) is 0 Å². The van der Waals surface area contributed by atoms with Crippen molar-refractivity contribution in [2.24, 2.45) is 0 Å². The van der Waals surface area contributed by atoms with Crippen LogP contribution in [0.3, 0.4) is 0 Å². The van der Waals surface area contributed by atoms with Gasteiger partial charge in [-0.05, 0) is 20.8 Å². The molecule has 8 nitrogen and oxygen atoms in total. The lowest BCUT2D eigenvalue weighted by Crippen LogP contribution is -2.35. The molecule has 0 radical (unpaired) electrons. The maximum atomic E-state index is 12.0. The van der Waals surface area contributed by atoms with Crippen LogP contribution < -0.4 is 0 Å². The van der Waals surface area contributed by atoms with Crippen molar-refractivity contribution in [1.82, 2.24) is 14.7 Å². The van der Waals surface area contributed by atoms with Crippen molar-refractivity contribution in [3.8, 4) is 0 Å². The second kappa shape index (κ2) is 5.36. The number of likely N-dealkylation sites (tertiary alicyclic amines) is 1. The van der Waals surface area contributed by atoms with E-state index in [2.05, 4.69) is 5.10 Å². The third-order valence-electron chi connectivity index (χ3n) is 3.10. The molecule has 1 aromatic rings. The van der Waals surface area contributed by atoms with Crippen molar-refractivity contribution in [2.75, 3.05) is 13.1 Å². The summed E-state index contributed by atoms with van der Waals surface area (Å²) in [5.41, 5.74) is -0.569. The van der Waals surface area contributed by atoms with E-state index >= 15 is 0 Å². The van der Waals surface area contributed by atoms with Gasteiger partial charge in [0.05, 0.1) is 30.5 Å². The summed E-state index contributed by atoms with van der Waals surface area (Å²) in [6.07, 6.45) is 1.23. The van der Waals surface area contributed by atoms with Gasteiger partial charge in [0.2, 0.25) is 0 Å². The van der Waals surface area contributed by atoms with Crippen molar-refractivity contribution in [3.63, 3.8) is 0 Å². The molecule has 0 saturated carbocycles. The van der Waals surface area contributed by atoms with Crippen LogP contribution in [-0.2, 0) is 4.74 Å². The number of aliphatic hydroxyl groups is 1. The maximum Gasteiger partial charge on any atom is 0.410 e. The molecule has 2 rings (SSSR count). The topological polar surface area (TPSA) is 105 Å². The van der Waals surface area contributed by atoms with Crippen LogP contribution in [0.1, 0.15) is 37.2 Å². The summed E-state index contributed by atoms with van der Waals surface area (Å²) in [4.78, 5) is 24.2. The van der Waals surface area contributed by atoms with E-state index in [-0.39, 0.29) is 18.7 Å². The third-order valence-corrected chi connectivity index (χ3v) is 3.10. The molecular formula is C13H19N3O5. The standard InChI is InChI=1S/C13H19N3O5/c1-13(2,3)21-12(20)15-6-9(10(17)7-15)16-5-8(4-14-16)11(18)19/h4-5,9-10,17H,6-7H2,1-3H3,(H,18,19)/t9-,10-/m0/s1. The first-order valence-electron chi connectivity index (χ1n) is 6.61. The van der Waals surface area contributed by atoms with Crippen molar-refractivity contribution >= 4 is 12.1 Å². The number of nitrogens with zero attached hydrogens (tertiary/aromatic N) is 3. The molecule has 1 amide bonds. The highest BCUT2D eigenvalue weighted by Gasteiger charge is 2.37. The number of carboxylic acids is 1. The second-order valence-corrected chi connectivity index (χ2v) is 6.03. The molecule has 1 fully saturated rings. The Labute approximate surface area is 121 Å². The molecule has 2 atom stereocenters. The molecule has 1 aliphatic heterocycles. The Bertz CT molecular complexity index is 548. The van der Waals surface area contributed by atoms with E-state index in [0.29, 0.717) is 0 Å². The van der Waals surface area contributed by atoms with Crippen LogP contribution in [0.4, 0.5) is 4.79 Å².